The van der Waals surface area contributed by atoms with Crippen LogP contribution in [0.25, 0.3) is 22.3 Å². The quantitative estimate of drug-likeness (QED) is 0.270. The number of hydrogen-bond acceptors (Lipinski definition) is 11. The smallest absolute Gasteiger partial charge is 0.335 e. The van der Waals surface area contributed by atoms with Gasteiger partial charge in [0, 0.05) is 23.8 Å². The van der Waals surface area contributed by atoms with Gasteiger partial charge in [0.25, 0.3) is 0 Å². The molecule has 0 spiro atoms. The molecule has 1 aliphatic heterocycles. The maximum atomic E-state index is 12.4. The minimum absolute atomic E-state index is 0.0358. The van der Waals surface area contributed by atoms with Crippen molar-refractivity contribution in [3.63, 3.8) is 0 Å². The van der Waals surface area contributed by atoms with E-state index in [2.05, 4.69) is 0 Å². The fourth-order valence-electron chi connectivity index (χ4n) is 3.43. The Hall–Kier alpha value is -3.84. The van der Waals surface area contributed by atoms with E-state index >= 15 is 0 Å². The number of phenolic OH excluding ortho intramolecular Hbond substituents is 3. The van der Waals surface area contributed by atoms with Crippen LogP contribution < -0.4 is 10.2 Å². The van der Waals surface area contributed by atoms with Crippen molar-refractivity contribution in [2.45, 2.75) is 30.7 Å². The van der Waals surface area contributed by atoms with Gasteiger partial charge in [-0.25, -0.2) is 4.79 Å². The molecule has 12 nitrogen and oxygen atoms in total. The number of benzene rings is 2. The number of carbonyl (C=O) groups is 1. The molecule has 1 fully saturated rings. The van der Waals surface area contributed by atoms with Gasteiger partial charge >= 0.3 is 5.97 Å². The number of aliphatic carboxylic acids is 1. The molecule has 2 heterocycles. The maximum absolute atomic E-state index is 12.4. The van der Waals surface area contributed by atoms with E-state index in [1.807, 2.05) is 0 Å². The van der Waals surface area contributed by atoms with Gasteiger partial charge in [0.1, 0.15) is 46.5 Å². The Balaban J connectivity index is 1.70. The average molecular weight is 462 g/mol. The minimum atomic E-state index is -1.92. The second kappa shape index (κ2) is 8.26. The average Bonchev–Trinajstić information content (AvgIpc) is 2.74. The molecular weight excluding hydrogens is 444 g/mol. The van der Waals surface area contributed by atoms with Gasteiger partial charge in [-0.2, -0.15) is 0 Å². The summed E-state index contributed by atoms with van der Waals surface area (Å²) in [5.74, 6) is -3.24. The van der Waals surface area contributed by atoms with Crippen LogP contribution in [0.5, 0.6) is 23.0 Å². The molecule has 4 rings (SSSR count). The van der Waals surface area contributed by atoms with E-state index in [1.165, 1.54) is 12.1 Å². The van der Waals surface area contributed by atoms with Gasteiger partial charge in [0.15, 0.2) is 23.0 Å². The van der Waals surface area contributed by atoms with Crippen LogP contribution in [0.2, 0.25) is 0 Å². The lowest BCUT2D eigenvalue weighted by atomic mass is 9.99. The Morgan fingerprint density at radius 3 is 2.33 bits per heavy atom. The number of aromatic hydroxyl groups is 3. The molecule has 0 amide bonds. The summed E-state index contributed by atoms with van der Waals surface area (Å²) in [4.78, 5) is 23.7. The highest BCUT2D eigenvalue weighted by atomic mass is 16.7. The van der Waals surface area contributed by atoms with E-state index in [4.69, 9.17) is 19.0 Å². The van der Waals surface area contributed by atoms with Crippen molar-refractivity contribution < 1.29 is 54.4 Å². The van der Waals surface area contributed by atoms with Crippen molar-refractivity contribution in [1.82, 2.24) is 0 Å². The van der Waals surface area contributed by atoms with Crippen molar-refractivity contribution in [3.8, 4) is 34.3 Å². The van der Waals surface area contributed by atoms with Gasteiger partial charge in [-0.15, -0.1) is 0 Å². The van der Waals surface area contributed by atoms with E-state index in [9.17, 15) is 40.2 Å². The number of aliphatic hydroxyl groups is 3. The van der Waals surface area contributed by atoms with Crippen molar-refractivity contribution in [3.05, 3.63) is 46.6 Å². The van der Waals surface area contributed by atoms with Crippen LogP contribution in [-0.4, -0.2) is 72.4 Å². The van der Waals surface area contributed by atoms with Crippen molar-refractivity contribution in [2.75, 3.05) is 0 Å². The summed E-state index contributed by atoms with van der Waals surface area (Å²) in [7, 11) is 0. The third-order valence-electron chi connectivity index (χ3n) is 5.10. The first kappa shape index (κ1) is 22.4. The second-order valence-corrected chi connectivity index (χ2v) is 7.35. The summed E-state index contributed by atoms with van der Waals surface area (Å²) < 4.78 is 16.0. The number of aliphatic hydroxyl groups excluding tert-OH is 3. The number of fused-ring (bicyclic) bond motifs is 1. The highest BCUT2D eigenvalue weighted by Gasteiger charge is 2.48. The predicted molar refractivity (Wildman–Crippen MR) is 108 cm³/mol. The fourth-order valence-corrected chi connectivity index (χ4v) is 3.43. The van der Waals surface area contributed by atoms with E-state index in [0.29, 0.717) is 0 Å². The van der Waals surface area contributed by atoms with E-state index in [-0.39, 0.29) is 33.8 Å². The molecule has 3 aromatic rings. The number of hydrogen-bond donors (Lipinski definition) is 7. The standard InChI is InChI=1S/C21H18O12/c22-8-4-10(24)15-11(25)6-12(31-14(15)5-8)7-1-2-9(23)13(3-7)32-21-18(28)16(26)17(27)19(33-21)20(29)30/h1-6,16-19,21-24,26-28H,(H,29,30)/t16-,17-,18+,19-,21?/m0/s1. The van der Waals surface area contributed by atoms with Crippen LogP contribution >= 0.6 is 0 Å². The van der Waals surface area contributed by atoms with Crippen LogP contribution in [0, 0.1) is 0 Å². The SMILES string of the molecule is O=C(O)[C@H]1OC(Oc2cc(-c3cc(=O)c4c(O)cc(O)cc4o3)ccc2O)[C@H](O)[C@@H](O)[C@@H]1O. The Kier molecular flexibility index (Phi) is 5.59. The number of ether oxygens (including phenoxy) is 2. The molecule has 1 unspecified atom stereocenters. The maximum Gasteiger partial charge on any atom is 0.335 e. The largest absolute Gasteiger partial charge is 0.508 e. The zero-order chi connectivity index (χ0) is 24.0. The van der Waals surface area contributed by atoms with E-state index in [0.717, 1.165) is 24.3 Å². The van der Waals surface area contributed by atoms with Crippen molar-refractivity contribution in [1.29, 1.82) is 0 Å². The minimum Gasteiger partial charge on any atom is -0.508 e. The number of rotatable bonds is 4. The molecule has 174 valence electrons. The molecule has 12 heteroatoms. The molecule has 0 bridgehead atoms. The number of phenols is 3. The molecule has 1 aromatic heterocycles. The predicted octanol–water partition coefficient (Wildman–Crippen LogP) is -0.152. The van der Waals surface area contributed by atoms with Crippen LogP contribution in [0.3, 0.4) is 0 Å². The summed E-state index contributed by atoms with van der Waals surface area (Å²) in [5, 5.41) is 68.5. The van der Waals surface area contributed by atoms with Gasteiger partial charge in [0.2, 0.25) is 6.29 Å². The summed E-state index contributed by atoms with van der Waals surface area (Å²) in [6.07, 6.45) is -9.37. The molecule has 7 N–H and O–H groups in total. The lowest BCUT2D eigenvalue weighted by Crippen LogP contribution is -2.61. The Morgan fingerprint density at radius 2 is 1.64 bits per heavy atom. The number of carboxylic acid groups (broad SMARTS) is 1. The molecule has 1 saturated heterocycles. The lowest BCUT2D eigenvalue weighted by molar-refractivity contribution is -0.271. The summed E-state index contributed by atoms with van der Waals surface area (Å²) in [5.41, 5.74) is -0.546. The molecule has 0 saturated carbocycles. The first-order valence-corrected chi connectivity index (χ1v) is 9.49. The van der Waals surface area contributed by atoms with Gasteiger partial charge in [-0.3, -0.25) is 4.79 Å². The van der Waals surface area contributed by atoms with Crippen LogP contribution in [0.1, 0.15) is 0 Å². The molecule has 33 heavy (non-hydrogen) atoms. The Morgan fingerprint density at radius 1 is 0.909 bits per heavy atom. The zero-order valence-electron chi connectivity index (χ0n) is 16.5. The van der Waals surface area contributed by atoms with Crippen LogP contribution in [-0.2, 0) is 9.53 Å². The van der Waals surface area contributed by atoms with Crippen molar-refractivity contribution >= 4 is 16.9 Å². The summed E-state index contributed by atoms with van der Waals surface area (Å²) in [6.45, 7) is 0. The summed E-state index contributed by atoms with van der Waals surface area (Å²) in [6, 6.07) is 6.86. The highest BCUT2D eigenvalue weighted by Crippen LogP contribution is 2.36. The van der Waals surface area contributed by atoms with Crippen molar-refractivity contribution in [2.24, 2.45) is 0 Å². The zero-order valence-corrected chi connectivity index (χ0v) is 16.5. The molecule has 0 aliphatic carbocycles. The third-order valence-corrected chi connectivity index (χ3v) is 5.10. The summed E-state index contributed by atoms with van der Waals surface area (Å²) >= 11 is 0. The van der Waals surface area contributed by atoms with Gasteiger partial charge in [-0.1, -0.05) is 0 Å². The first-order chi connectivity index (χ1) is 15.6. The molecule has 1 aliphatic rings. The number of carboxylic acids is 1. The lowest BCUT2D eigenvalue weighted by Gasteiger charge is -2.38. The van der Waals surface area contributed by atoms with Gasteiger partial charge in [0.05, 0.1) is 0 Å². The van der Waals surface area contributed by atoms with Crippen LogP contribution in [0.15, 0.2) is 45.6 Å². The van der Waals surface area contributed by atoms with Crippen LogP contribution in [0.4, 0.5) is 0 Å². The molecular formula is C21H18O12. The first-order valence-electron chi connectivity index (χ1n) is 9.49. The second-order valence-electron chi connectivity index (χ2n) is 7.35. The highest BCUT2D eigenvalue weighted by molar-refractivity contribution is 5.86. The topological polar surface area (TPSA) is 207 Å². The fraction of sp³-hybridized carbons (Fsp3) is 0.238. The Labute approximate surface area is 183 Å². The molecule has 5 atom stereocenters. The monoisotopic (exact) mass is 462 g/mol. The van der Waals surface area contributed by atoms with E-state index < -0.39 is 53.6 Å². The van der Waals surface area contributed by atoms with Gasteiger partial charge < -0.3 is 49.6 Å². The third kappa shape index (κ3) is 4.03. The molecule has 0 radical (unpaired) electrons. The molecule has 2 aromatic carbocycles. The Bertz CT molecular complexity index is 1280. The van der Waals surface area contributed by atoms with E-state index in [1.54, 1.807) is 0 Å². The normalized spacial score (nSPS) is 25.1. The van der Waals surface area contributed by atoms with Gasteiger partial charge in [-0.05, 0) is 18.2 Å².